The lowest BCUT2D eigenvalue weighted by Crippen LogP contribution is -2.61. The van der Waals surface area contributed by atoms with E-state index < -0.39 is 39.7 Å². The van der Waals surface area contributed by atoms with Crippen LogP contribution < -0.4 is 21.8 Å². The molecule has 0 amide bonds. The van der Waals surface area contributed by atoms with Gasteiger partial charge in [0.25, 0.3) is 0 Å². The quantitative estimate of drug-likeness (QED) is 0.718. The second kappa shape index (κ2) is 5.76. The second-order valence-corrected chi connectivity index (χ2v) is 8.75. The number of aromatic nitrogens is 1. The van der Waals surface area contributed by atoms with Crippen molar-refractivity contribution < 1.29 is 18.7 Å². The molecule has 7 nitrogen and oxygen atoms in total. The Balaban J connectivity index is 1.73. The highest BCUT2D eigenvalue weighted by atomic mass is 19.1. The average molecular weight is 404 g/mol. The summed E-state index contributed by atoms with van der Waals surface area (Å²) in [6, 6.07) is 0.839. The van der Waals surface area contributed by atoms with Gasteiger partial charge in [0.15, 0.2) is 5.82 Å². The number of anilines is 1. The number of nitrogens with zero attached hydrogens (tertiary/aromatic N) is 2. The van der Waals surface area contributed by atoms with Gasteiger partial charge in [0.05, 0.1) is 22.0 Å². The topological polar surface area (TPSA) is 115 Å². The Morgan fingerprint density at radius 3 is 2.34 bits per heavy atom. The molecule has 3 fully saturated rings. The molecule has 29 heavy (non-hydrogen) atoms. The summed E-state index contributed by atoms with van der Waals surface area (Å²) in [7, 11) is 0. The molecule has 3 aliphatic rings. The van der Waals surface area contributed by atoms with Gasteiger partial charge in [-0.2, -0.15) is 0 Å². The van der Waals surface area contributed by atoms with Crippen molar-refractivity contribution in [1.82, 2.24) is 4.57 Å². The Bertz CT molecular complexity index is 1110. The number of hydrogen-bond donors (Lipinski definition) is 3. The summed E-state index contributed by atoms with van der Waals surface area (Å²) in [5, 5.41) is 9.07. The van der Waals surface area contributed by atoms with Crippen molar-refractivity contribution in [2.24, 2.45) is 11.5 Å². The lowest BCUT2D eigenvalue weighted by Gasteiger charge is -2.31. The first-order valence-electron chi connectivity index (χ1n) is 9.78. The fourth-order valence-electron chi connectivity index (χ4n) is 5.10. The molecule has 1 saturated heterocycles. The van der Waals surface area contributed by atoms with Gasteiger partial charge in [0.1, 0.15) is 17.1 Å². The average Bonchev–Trinajstić information content (AvgIpc) is 3.37. The zero-order chi connectivity index (χ0) is 20.7. The molecule has 0 spiro atoms. The predicted octanol–water partition coefficient (Wildman–Crippen LogP) is 1.71. The molecule has 1 aromatic heterocycles. The number of aromatic carboxylic acids is 1. The van der Waals surface area contributed by atoms with E-state index in [1.807, 2.05) is 0 Å². The van der Waals surface area contributed by atoms with E-state index >= 15 is 8.78 Å². The van der Waals surface area contributed by atoms with E-state index in [1.54, 1.807) is 0 Å². The molecule has 154 valence electrons. The Morgan fingerprint density at radius 2 is 1.79 bits per heavy atom. The van der Waals surface area contributed by atoms with Gasteiger partial charge in [-0.1, -0.05) is 0 Å². The number of nitrogens with two attached hydrogens (primary N) is 2. The fourth-order valence-corrected chi connectivity index (χ4v) is 5.10. The van der Waals surface area contributed by atoms with Gasteiger partial charge < -0.3 is 26.0 Å². The molecular formula is C20H22F2N4O3. The van der Waals surface area contributed by atoms with E-state index in [-0.39, 0.29) is 35.7 Å². The molecule has 2 aliphatic carbocycles. The minimum absolute atomic E-state index is 0.0619. The minimum atomic E-state index is -1.42. The third-order valence-corrected chi connectivity index (χ3v) is 6.85. The Labute approximate surface area is 164 Å². The van der Waals surface area contributed by atoms with Gasteiger partial charge >= 0.3 is 5.97 Å². The standard InChI is InChI=1S/C20H22F2N4O3/c21-13-6-11-15(26(10-2-3-10)7-12(17(11)27)18(28)29)14(22)16(13)25-8-19(23)4-1-5-20(19,24)9-25/h6-7,10H,1-5,8-9,23-24H2,(H,28,29)/t19-,20+. The summed E-state index contributed by atoms with van der Waals surface area (Å²) in [5.74, 6) is -3.20. The molecule has 1 aliphatic heterocycles. The molecule has 5 N–H and O–H groups in total. The molecule has 2 atom stereocenters. The van der Waals surface area contributed by atoms with Crippen LogP contribution in [0, 0.1) is 11.6 Å². The molecule has 9 heteroatoms. The smallest absolute Gasteiger partial charge is 0.341 e. The van der Waals surface area contributed by atoms with E-state index in [2.05, 4.69) is 0 Å². The van der Waals surface area contributed by atoms with Crippen molar-refractivity contribution in [3.8, 4) is 0 Å². The highest BCUT2D eigenvalue weighted by Crippen LogP contribution is 2.45. The van der Waals surface area contributed by atoms with Crippen molar-refractivity contribution in [2.75, 3.05) is 18.0 Å². The largest absolute Gasteiger partial charge is 0.477 e. The van der Waals surface area contributed by atoms with Crippen LogP contribution in [0.25, 0.3) is 10.9 Å². The summed E-state index contributed by atoms with van der Waals surface area (Å²) in [6.07, 6.45) is 4.90. The van der Waals surface area contributed by atoms with Crippen LogP contribution in [0.2, 0.25) is 0 Å². The summed E-state index contributed by atoms with van der Waals surface area (Å²) >= 11 is 0. The lowest BCUT2D eigenvalue weighted by molar-refractivity contribution is 0.0694. The van der Waals surface area contributed by atoms with Crippen LogP contribution in [0.1, 0.15) is 48.5 Å². The summed E-state index contributed by atoms with van der Waals surface area (Å²) in [6.45, 7) is 0.452. The van der Waals surface area contributed by atoms with Crippen LogP contribution in [0.15, 0.2) is 17.1 Å². The number of fused-ring (bicyclic) bond motifs is 2. The normalized spacial score (nSPS) is 28.9. The van der Waals surface area contributed by atoms with Gasteiger partial charge in [-0.15, -0.1) is 0 Å². The summed E-state index contributed by atoms with van der Waals surface area (Å²) in [5.41, 5.74) is 9.81. The van der Waals surface area contributed by atoms with Crippen molar-refractivity contribution >= 4 is 22.6 Å². The van der Waals surface area contributed by atoms with E-state index in [9.17, 15) is 14.7 Å². The number of pyridine rings is 1. The number of rotatable bonds is 3. The maximum atomic E-state index is 15.7. The monoisotopic (exact) mass is 404 g/mol. The molecule has 0 unspecified atom stereocenters. The van der Waals surface area contributed by atoms with Crippen molar-refractivity contribution in [2.45, 2.75) is 49.2 Å². The first-order chi connectivity index (χ1) is 13.7. The van der Waals surface area contributed by atoms with E-state index in [4.69, 9.17) is 11.5 Å². The zero-order valence-corrected chi connectivity index (χ0v) is 15.8. The Hall–Kier alpha value is -2.52. The first-order valence-corrected chi connectivity index (χ1v) is 9.78. The molecule has 1 aromatic carbocycles. The van der Waals surface area contributed by atoms with Gasteiger partial charge in [-0.3, -0.25) is 4.79 Å². The molecule has 2 saturated carbocycles. The van der Waals surface area contributed by atoms with E-state index in [1.165, 1.54) is 15.7 Å². The number of halogens is 2. The molecule has 0 radical (unpaired) electrons. The third-order valence-electron chi connectivity index (χ3n) is 6.85. The minimum Gasteiger partial charge on any atom is -0.477 e. The summed E-state index contributed by atoms with van der Waals surface area (Å²) in [4.78, 5) is 25.6. The second-order valence-electron chi connectivity index (χ2n) is 8.75. The Morgan fingerprint density at radius 1 is 1.17 bits per heavy atom. The van der Waals surface area contributed by atoms with Crippen molar-refractivity contribution in [1.29, 1.82) is 0 Å². The number of carboxylic acids is 1. The predicted molar refractivity (Wildman–Crippen MR) is 103 cm³/mol. The number of carboxylic acid groups (broad SMARTS) is 1. The SMILES string of the molecule is N[C@@]12CCC[C@]1(N)CN(c1c(F)cc3c(=O)c(C(=O)O)cn(C4CC4)c3c1F)C2. The highest BCUT2D eigenvalue weighted by molar-refractivity contribution is 5.94. The van der Waals surface area contributed by atoms with Crippen LogP contribution in [0.5, 0.6) is 0 Å². The van der Waals surface area contributed by atoms with Crippen LogP contribution in [0.3, 0.4) is 0 Å². The van der Waals surface area contributed by atoms with Crippen LogP contribution >= 0.6 is 0 Å². The molecule has 2 heterocycles. The first kappa shape index (κ1) is 18.5. The van der Waals surface area contributed by atoms with E-state index in [0.29, 0.717) is 12.8 Å². The Kier molecular flexibility index (Phi) is 3.68. The van der Waals surface area contributed by atoms with Gasteiger partial charge in [0.2, 0.25) is 5.43 Å². The van der Waals surface area contributed by atoms with Crippen LogP contribution in [0.4, 0.5) is 14.5 Å². The van der Waals surface area contributed by atoms with Gasteiger partial charge in [0, 0.05) is 25.3 Å². The number of hydrogen-bond acceptors (Lipinski definition) is 5. The highest BCUT2D eigenvalue weighted by Gasteiger charge is 2.57. The third kappa shape index (κ3) is 2.47. The number of benzene rings is 1. The summed E-state index contributed by atoms with van der Waals surface area (Å²) < 4.78 is 32.2. The lowest BCUT2D eigenvalue weighted by atomic mass is 9.85. The zero-order valence-electron chi connectivity index (χ0n) is 15.8. The maximum Gasteiger partial charge on any atom is 0.341 e. The molecule has 2 aromatic rings. The van der Waals surface area contributed by atoms with Gasteiger partial charge in [-0.05, 0) is 38.2 Å². The maximum absolute atomic E-state index is 15.7. The number of carbonyl (C=O) groups is 1. The van der Waals surface area contributed by atoms with Crippen molar-refractivity contribution in [3.63, 3.8) is 0 Å². The van der Waals surface area contributed by atoms with Crippen LogP contribution in [-0.2, 0) is 0 Å². The fraction of sp³-hybridized carbons (Fsp3) is 0.500. The van der Waals surface area contributed by atoms with Gasteiger partial charge in [-0.25, -0.2) is 13.6 Å². The van der Waals surface area contributed by atoms with E-state index in [0.717, 1.165) is 25.3 Å². The molecule has 5 rings (SSSR count). The van der Waals surface area contributed by atoms with Crippen molar-refractivity contribution in [3.05, 3.63) is 39.7 Å². The molecule has 0 bridgehead atoms. The van der Waals surface area contributed by atoms with Crippen LogP contribution in [-0.4, -0.2) is 39.8 Å². The molecular weight excluding hydrogens is 382 g/mol.